The zero-order valence-electron chi connectivity index (χ0n) is 15.7. The topological polar surface area (TPSA) is 34.2 Å². The first-order chi connectivity index (χ1) is 12.3. The van der Waals surface area contributed by atoms with Gasteiger partial charge in [-0.1, -0.05) is 12.5 Å². The van der Waals surface area contributed by atoms with Crippen molar-refractivity contribution in [1.29, 1.82) is 0 Å². The Morgan fingerprint density at radius 3 is 2.72 bits per heavy atom. The molecule has 0 N–H and O–H groups in total. The van der Waals surface area contributed by atoms with Gasteiger partial charge in [-0.3, -0.25) is 9.80 Å². The molecule has 3 rings (SSSR count). The van der Waals surface area contributed by atoms with E-state index in [1.807, 2.05) is 0 Å². The van der Waals surface area contributed by atoms with E-state index in [2.05, 4.69) is 28.0 Å². The minimum atomic E-state index is 0.591. The Kier molecular flexibility index (Phi) is 7.11. The van der Waals surface area contributed by atoms with Gasteiger partial charge in [-0.15, -0.1) is 0 Å². The highest BCUT2D eigenvalue weighted by Gasteiger charge is 2.25. The molecule has 1 aromatic carbocycles. The first-order valence-electron chi connectivity index (χ1n) is 9.49. The zero-order valence-corrected chi connectivity index (χ0v) is 15.7. The van der Waals surface area contributed by atoms with Crippen LogP contribution >= 0.6 is 0 Å². The average Bonchev–Trinajstić information content (AvgIpc) is 2.65. The maximum Gasteiger partial charge on any atom is 0.124 e. The average molecular weight is 348 g/mol. The van der Waals surface area contributed by atoms with E-state index in [0.717, 1.165) is 44.2 Å². The molecule has 0 amide bonds. The van der Waals surface area contributed by atoms with Crippen LogP contribution in [0.25, 0.3) is 0 Å². The molecular formula is C20H32N2O3. The fraction of sp³-hybridized carbons (Fsp3) is 0.700. The van der Waals surface area contributed by atoms with Crippen LogP contribution in [0.5, 0.6) is 5.75 Å². The van der Waals surface area contributed by atoms with E-state index in [1.165, 1.54) is 37.9 Å². The fourth-order valence-corrected chi connectivity index (χ4v) is 3.99. The molecule has 0 saturated carbocycles. The van der Waals surface area contributed by atoms with Crippen molar-refractivity contribution < 1.29 is 14.2 Å². The molecule has 25 heavy (non-hydrogen) atoms. The van der Waals surface area contributed by atoms with Gasteiger partial charge in [0.2, 0.25) is 0 Å². The molecule has 0 unspecified atom stereocenters. The van der Waals surface area contributed by atoms with E-state index in [-0.39, 0.29) is 0 Å². The van der Waals surface area contributed by atoms with Crippen LogP contribution in [0.4, 0.5) is 0 Å². The summed E-state index contributed by atoms with van der Waals surface area (Å²) in [5.74, 6) is 0.911. The smallest absolute Gasteiger partial charge is 0.124 e. The van der Waals surface area contributed by atoms with Crippen molar-refractivity contribution >= 4 is 0 Å². The molecule has 1 aromatic rings. The van der Waals surface area contributed by atoms with Gasteiger partial charge in [0.15, 0.2) is 0 Å². The second kappa shape index (κ2) is 9.53. The van der Waals surface area contributed by atoms with E-state index in [0.29, 0.717) is 12.6 Å². The summed E-state index contributed by atoms with van der Waals surface area (Å²) in [6.45, 7) is 7.88. The molecule has 0 spiro atoms. The third kappa shape index (κ3) is 5.17. The maximum atomic E-state index is 5.49. The molecule has 5 heteroatoms. The molecule has 2 heterocycles. The Bertz CT molecular complexity index is 532. The molecule has 0 radical (unpaired) electrons. The molecule has 2 aliphatic rings. The van der Waals surface area contributed by atoms with E-state index >= 15 is 0 Å². The summed E-state index contributed by atoms with van der Waals surface area (Å²) in [5.41, 5.74) is 2.48. The molecule has 5 nitrogen and oxygen atoms in total. The van der Waals surface area contributed by atoms with Crippen LogP contribution in [0.2, 0.25) is 0 Å². The highest BCUT2D eigenvalue weighted by atomic mass is 16.5. The first-order valence-corrected chi connectivity index (χ1v) is 9.49. The van der Waals surface area contributed by atoms with Crippen LogP contribution < -0.4 is 4.74 Å². The lowest BCUT2D eigenvalue weighted by molar-refractivity contribution is 0.0153. The van der Waals surface area contributed by atoms with Crippen LogP contribution in [-0.4, -0.2) is 69.5 Å². The Balaban J connectivity index is 1.65. The molecule has 140 valence electrons. The number of rotatable bonds is 7. The normalized spacial score (nSPS) is 22.9. The Morgan fingerprint density at radius 2 is 1.96 bits per heavy atom. The summed E-state index contributed by atoms with van der Waals surface area (Å²) in [6.07, 6.45) is 3.96. The Morgan fingerprint density at radius 1 is 1.12 bits per heavy atom. The zero-order chi connectivity index (χ0) is 17.5. The highest BCUT2D eigenvalue weighted by Crippen LogP contribution is 2.25. The van der Waals surface area contributed by atoms with Crippen LogP contribution in [0, 0.1) is 0 Å². The Labute approximate surface area is 151 Å². The lowest BCUT2D eigenvalue weighted by Crippen LogP contribution is -2.49. The van der Waals surface area contributed by atoms with Crippen LogP contribution in [-0.2, 0) is 22.6 Å². The number of piperidine rings is 1. The number of morpholine rings is 1. The van der Waals surface area contributed by atoms with Crippen LogP contribution in [0.1, 0.15) is 30.4 Å². The second-order valence-electron chi connectivity index (χ2n) is 7.11. The molecule has 0 bridgehead atoms. The van der Waals surface area contributed by atoms with Gasteiger partial charge in [-0.25, -0.2) is 0 Å². The molecular weight excluding hydrogens is 316 g/mol. The summed E-state index contributed by atoms with van der Waals surface area (Å²) in [6, 6.07) is 7.16. The molecule has 0 aromatic heterocycles. The van der Waals surface area contributed by atoms with Gasteiger partial charge in [-0.05, 0) is 37.1 Å². The molecule has 2 aliphatic heterocycles. The number of ether oxygens (including phenoxy) is 3. The van der Waals surface area contributed by atoms with Gasteiger partial charge >= 0.3 is 0 Å². The first kappa shape index (κ1) is 18.6. The number of hydrogen-bond acceptors (Lipinski definition) is 5. The van der Waals surface area contributed by atoms with E-state index < -0.39 is 0 Å². The number of hydrogen-bond donors (Lipinski definition) is 0. The predicted octanol–water partition coefficient (Wildman–Crippen LogP) is 2.53. The van der Waals surface area contributed by atoms with E-state index in [1.54, 1.807) is 14.2 Å². The fourth-order valence-electron chi connectivity index (χ4n) is 3.99. The third-order valence-corrected chi connectivity index (χ3v) is 5.35. The van der Waals surface area contributed by atoms with Crippen molar-refractivity contribution in [1.82, 2.24) is 9.80 Å². The van der Waals surface area contributed by atoms with Crippen LogP contribution in [0.15, 0.2) is 18.2 Å². The summed E-state index contributed by atoms with van der Waals surface area (Å²) >= 11 is 0. The molecule has 2 saturated heterocycles. The second-order valence-corrected chi connectivity index (χ2v) is 7.11. The van der Waals surface area contributed by atoms with Crippen LogP contribution in [0.3, 0.4) is 0 Å². The quantitative estimate of drug-likeness (QED) is 0.756. The largest absolute Gasteiger partial charge is 0.496 e. The minimum absolute atomic E-state index is 0.591. The SMILES string of the molecule is COCc1cc(CN2CCCC[C@@H]2CN2CCOCC2)ccc1OC. The van der Waals surface area contributed by atoms with Crippen molar-refractivity contribution in [2.24, 2.45) is 0 Å². The van der Waals surface area contributed by atoms with Crippen molar-refractivity contribution in [3.05, 3.63) is 29.3 Å². The summed E-state index contributed by atoms with van der Waals surface area (Å²) in [5, 5.41) is 0. The molecule has 1 atom stereocenters. The van der Waals surface area contributed by atoms with Crippen molar-refractivity contribution in [2.75, 3.05) is 53.6 Å². The van der Waals surface area contributed by atoms with Gasteiger partial charge in [0.25, 0.3) is 0 Å². The van der Waals surface area contributed by atoms with E-state index in [4.69, 9.17) is 14.2 Å². The van der Waals surface area contributed by atoms with Gasteiger partial charge in [-0.2, -0.15) is 0 Å². The van der Waals surface area contributed by atoms with Crippen molar-refractivity contribution in [2.45, 2.75) is 38.5 Å². The van der Waals surface area contributed by atoms with Crippen molar-refractivity contribution in [3.8, 4) is 5.75 Å². The maximum absolute atomic E-state index is 5.49. The van der Waals surface area contributed by atoms with Gasteiger partial charge in [0, 0.05) is 44.9 Å². The van der Waals surface area contributed by atoms with Gasteiger partial charge < -0.3 is 14.2 Å². The summed E-state index contributed by atoms with van der Waals surface area (Å²) in [4.78, 5) is 5.23. The molecule has 0 aliphatic carbocycles. The monoisotopic (exact) mass is 348 g/mol. The number of nitrogens with zero attached hydrogens (tertiary/aromatic N) is 2. The van der Waals surface area contributed by atoms with Gasteiger partial charge in [0.05, 0.1) is 26.9 Å². The summed E-state index contributed by atoms with van der Waals surface area (Å²) < 4.78 is 16.3. The predicted molar refractivity (Wildman–Crippen MR) is 99.0 cm³/mol. The third-order valence-electron chi connectivity index (χ3n) is 5.35. The summed E-state index contributed by atoms with van der Waals surface area (Å²) in [7, 11) is 3.45. The number of methoxy groups -OCH3 is 2. The number of benzene rings is 1. The number of likely N-dealkylation sites (tertiary alicyclic amines) is 1. The lowest BCUT2D eigenvalue weighted by atomic mass is 10.00. The van der Waals surface area contributed by atoms with E-state index in [9.17, 15) is 0 Å². The standard InChI is InChI=1S/C20H32N2O3/c1-23-16-18-13-17(6-7-20(18)24-2)14-22-8-4-3-5-19(22)15-21-9-11-25-12-10-21/h6-7,13,19H,3-5,8-12,14-16H2,1-2H3/t19-/m1/s1. The molecule has 2 fully saturated rings. The lowest BCUT2D eigenvalue weighted by Gasteiger charge is -2.39. The highest BCUT2D eigenvalue weighted by molar-refractivity contribution is 5.37. The Hall–Kier alpha value is -1.14. The van der Waals surface area contributed by atoms with Gasteiger partial charge in [0.1, 0.15) is 5.75 Å². The van der Waals surface area contributed by atoms with Crippen molar-refractivity contribution in [3.63, 3.8) is 0 Å². The minimum Gasteiger partial charge on any atom is -0.496 e.